The lowest BCUT2D eigenvalue weighted by Crippen LogP contribution is -2.17. The molecule has 296 valence electrons. The lowest BCUT2D eigenvalue weighted by molar-refractivity contribution is 0.446. The summed E-state index contributed by atoms with van der Waals surface area (Å²) in [4.78, 5) is 9.92. The number of fused-ring (bicyclic) bond motifs is 1. The van der Waals surface area contributed by atoms with Gasteiger partial charge in [-0.25, -0.2) is 4.98 Å². The SMILES string of the molecule is [2H]c1nc(-c2cc(-c3cccc4c3nc(-c3cc(C(C)(C)C)cc(C(C)(C)C)c3O)n4-c3ccc(C([2H])([2H])[2H])cc3-c3ccccc3)cc(C(C)(C)C)c2)c([2H])c(-c2c([2H])c([2H])c([2H])c([2H])c2[2H])c1[2H]. The highest BCUT2D eigenvalue weighted by atomic mass is 16.3. The second-order valence-corrected chi connectivity index (χ2v) is 18.2. The molecule has 0 aliphatic heterocycles. The number of para-hydroxylation sites is 1. The van der Waals surface area contributed by atoms with Crippen molar-refractivity contribution >= 4 is 11.0 Å². The summed E-state index contributed by atoms with van der Waals surface area (Å²) < 4.78 is 96.6. The van der Waals surface area contributed by atoms with Gasteiger partial charge in [0.25, 0.3) is 0 Å². The number of rotatable bonds is 6. The van der Waals surface area contributed by atoms with E-state index >= 15 is 0 Å². The summed E-state index contributed by atoms with van der Waals surface area (Å²) in [6.07, 6.45) is -0.535. The summed E-state index contributed by atoms with van der Waals surface area (Å²) in [6, 6.07) is 26.1. The molecule has 0 saturated carbocycles. The van der Waals surface area contributed by atoms with Crippen LogP contribution in [0.15, 0.2) is 146 Å². The largest absolute Gasteiger partial charge is 0.507 e. The van der Waals surface area contributed by atoms with Gasteiger partial charge in [-0.15, -0.1) is 0 Å². The third kappa shape index (κ3) is 7.72. The molecule has 59 heavy (non-hydrogen) atoms. The molecule has 4 nitrogen and oxygen atoms in total. The third-order valence-corrected chi connectivity index (χ3v) is 10.8. The molecule has 0 aliphatic carbocycles. The molecule has 4 heteroatoms. The Morgan fingerprint density at radius 1 is 0.593 bits per heavy atom. The first kappa shape index (κ1) is 28.2. The molecule has 0 saturated heterocycles. The van der Waals surface area contributed by atoms with Crippen LogP contribution >= 0.6 is 0 Å². The molecule has 1 N–H and O–H groups in total. The zero-order chi connectivity index (χ0) is 51.3. The van der Waals surface area contributed by atoms with Gasteiger partial charge in [-0.05, 0) is 105 Å². The highest BCUT2D eigenvalue weighted by molar-refractivity contribution is 5.98. The smallest absolute Gasteiger partial charge is 0.149 e. The van der Waals surface area contributed by atoms with Gasteiger partial charge in [0.15, 0.2) is 0 Å². The Morgan fingerprint density at radius 2 is 1.31 bits per heavy atom. The van der Waals surface area contributed by atoms with Crippen LogP contribution in [0.1, 0.15) is 99.6 Å². The summed E-state index contributed by atoms with van der Waals surface area (Å²) in [7, 11) is 0. The monoisotopic (exact) mass is 785 g/mol. The number of nitrogens with zero attached hydrogens (tertiary/aromatic N) is 3. The number of phenols is 1. The quantitative estimate of drug-likeness (QED) is 0.183. The first-order chi connectivity index (χ1) is 32.5. The van der Waals surface area contributed by atoms with E-state index in [2.05, 4.69) is 25.8 Å². The van der Waals surface area contributed by atoms with Crippen molar-refractivity contribution in [2.75, 3.05) is 0 Å². The summed E-state index contributed by atoms with van der Waals surface area (Å²) in [5, 5.41) is 12.5. The molecule has 8 rings (SSSR count). The van der Waals surface area contributed by atoms with Gasteiger partial charge in [-0.2, -0.15) is 0 Å². The van der Waals surface area contributed by atoms with Crippen LogP contribution in [0.4, 0.5) is 0 Å². The van der Waals surface area contributed by atoms with E-state index in [4.69, 9.17) is 18.7 Å². The number of benzene rings is 6. The molecule has 6 aromatic carbocycles. The number of hydrogen-bond donors (Lipinski definition) is 1. The van der Waals surface area contributed by atoms with Crippen LogP contribution in [0.25, 0.3) is 72.7 Å². The predicted octanol–water partition coefficient (Wildman–Crippen LogP) is 14.7. The average Bonchev–Trinajstić information content (AvgIpc) is 3.68. The van der Waals surface area contributed by atoms with E-state index in [1.807, 2.05) is 125 Å². The Bertz CT molecular complexity index is 3380. The Balaban J connectivity index is 1.49. The van der Waals surface area contributed by atoms with Crippen molar-refractivity contribution in [1.29, 1.82) is 0 Å². The third-order valence-electron chi connectivity index (χ3n) is 10.8. The van der Waals surface area contributed by atoms with Crippen molar-refractivity contribution in [3.63, 3.8) is 0 Å². The van der Waals surface area contributed by atoms with Crippen molar-refractivity contribution in [2.45, 2.75) is 85.4 Å². The fraction of sp³-hybridized carbons (Fsp3) is 0.236. The van der Waals surface area contributed by atoms with Gasteiger partial charge < -0.3 is 5.11 Å². The standard InChI is InChI=1S/C55H55N3O/c1-35-24-25-48(44(28-35)37-20-15-12-16-21-37)58-49-23-17-22-43(50(49)57-52(58)45-33-42(54(5,6)7)34-46(51(45)59)55(8,9)10)39-29-40(31-41(30-39)53(2,3)4)47-32-38(26-27-56-47)36-18-13-11-14-19-36/h11-34,59H,1-10H3/i1D3,11D,13D,14D,18D,19D,26D,27D,32D. The van der Waals surface area contributed by atoms with Crippen LogP contribution < -0.4 is 0 Å². The molecule has 0 spiro atoms. The lowest BCUT2D eigenvalue weighted by Gasteiger charge is -2.27. The number of pyridine rings is 1. The zero-order valence-corrected chi connectivity index (χ0v) is 35.0. The Kier molecular flexibility index (Phi) is 7.10. The molecule has 0 radical (unpaired) electrons. The van der Waals surface area contributed by atoms with Crippen LogP contribution in [0.3, 0.4) is 0 Å². The van der Waals surface area contributed by atoms with Gasteiger partial charge in [0.05, 0.1) is 38.9 Å². The molecule has 0 aliphatic rings. The zero-order valence-electron chi connectivity index (χ0n) is 46.0. The topological polar surface area (TPSA) is 50.9 Å². The van der Waals surface area contributed by atoms with Crippen LogP contribution in [-0.4, -0.2) is 19.6 Å². The molecule has 2 heterocycles. The molecule has 0 unspecified atom stereocenters. The van der Waals surface area contributed by atoms with Crippen molar-refractivity contribution in [3.05, 3.63) is 168 Å². The average molecular weight is 785 g/mol. The molecular formula is C55H55N3O. The molecule has 0 fully saturated rings. The first-order valence-corrected chi connectivity index (χ1v) is 19.8. The van der Waals surface area contributed by atoms with Gasteiger partial charge in [0.1, 0.15) is 11.6 Å². The van der Waals surface area contributed by atoms with Gasteiger partial charge in [0.2, 0.25) is 0 Å². The number of aromatic hydroxyl groups is 1. The molecule has 8 aromatic rings. The fourth-order valence-electron chi connectivity index (χ4n) is 7.45. The minimum absolute atomic E-state index is 0.0194. The van der Waals surface area contributed by atoms with E-state index in [0.717, 1.165) is 22.3 Å². The molecule has 0 amide bonds. The van der Waals surface area contributed by atoms with E-state index < -0.39 is 60.1 Å². The van der Waals surface area contributed by atoms with Crippen LogP contribution in [0, 0.1) is 6.85 Å². The number of aromatic nitrogens is 3. The molecule has 2 aromatic heterocycles. The lowest BCUT2D eigenvalue weighted by atomic mass is 9.79. The number of imidazole rings is 1. The van der Waals surface area contributed by atoms with Gasteiger partial charge in [-0.3, -0.25) is 9.55 Å². The fourth-order valence-corrected chi connectivity index (χ4v) is 7.45. The predicted molar refractivity (Wildman–Crippen MR) is 249 cm³/mol. The van der Waals surface area contributed by atoms with E-state index in [1.54, 1.807) is 18.2 Å². The van der Waals surface area contributed by atoms with Crippen LogP contribution in [0.2, 0.25) is 0 Å². The minimum Gasteiger partial charge on any atom is -0.507 e. The van der Waals surface area contributed by atoms with Gasteiger partial charge in [-0.1, -0.05) is 159 Å². The molecule has 0 bridgehead atoms. The summed E-state index contributed by atoms with van der Waals surface area (Å²) in [5.74, 6) is 0.467. The second-order valence-electron chi connectivity index (χ2n) is 18.2. The molecule has 0 atom stereocenters. The van der Waals surface area contributed by atoms with E-state index in [9.17, 15) is 6.48 Å². The van der Waals surface area contributed by atoms with Crippen LogP contribution in [0.5, 0.6) is 5.75 Å². The maximum Gasteiger partial charge on any atom is 0.149 e. The second kappa shape index (κ2) is 14.8. The van der Waals surface area contributed by atoms with Gasteiger partial charge in [0, 0.05) is 32.5 Å². The summed E-state index contributed by atoms with van der Waals surface area (Å²) >= 11 is 0. The van der Waals surface area contributed by atoms with Crippen molar-refractivity contribution in [1.82, 2.24) is 14.5 Å². The normalized spacial score (nSPS) is 15.2. The number of aryl methyl sites for hydroxylation is 1. The number of hydrogen-bond acceptors (Lipinski definition) is 3. The first-order valence-electron chi connectivity index (χ1n) is 25.3. The van der Waals surface area contributed by atoms with Crippen molar-refractivity contribution in [2.24, 2.45) is 0 Å². The Hall–Kier alpha value is -6.26. The number of phenolic OH excluding ortho intramolecular Hbond substituents is 1. The summed E-state index contributed by atoms with van der Waals surface area (Å²) in [6.45, 7) is 16.2. The van der Waals surface area contributed by atoms with Crippen molar-refractivity contribution in [3.8, 4) is 67.5 Å². The maximum atomic E-state index is 12.5. The Labute approximate surface area is 365 Å². The maximum absolute atomic E-state index is 12.5. The van der Waals surface area contributed by atoms with Crippen molar-refractivity contribution < 1.29 is 20.2 Å². The highest BCUT2D eigenvalue weighted by Crippen LogP contribution is 2.46. The minimum atomic E-state index is -2.41. The van der Waals surface area contributed by atoms with Crippen LogP contribution in [-0.2, 0) is 16.2 Å². The van der Waals surface area contributed by atoms with E-state index in [-0.39, 0.29) is 39.6 Å². The Morgan fingerprint density at radius 3 is 2.00 bits per heavy atom. The molecular weight excluding hydrogens is 719 g/mol. The summed E-state index contributed by atoms with van der Waals surface area (Å²) in [5.41, 5.74) is 6.08. The highest BCUT2D eigenvalue weighted by Gasteiger charge is 2.29. The van der Waals surface area contributed by atoms with Gasteiger partial charge >= 0.3 is 0 Å². The van der Waals surface area contributed by atoms with E-state index in [0.29, 0.717) is 50.4 Å². The van der Waals surface area contributed by atoms with E-state index in [1.165, 1.54) is 0 Å².